The first-order valence-corrected chi connectivity index (χ1v) is 10.9. The quantitative estimate of drug-likeness (QED) is 0.462. The molecule has 32 heavy (non-hydrogen) atoms. The maximum absolute atomic E-state index is 14.5. The van der Waals surface area contributed by atoms with Crippen LogP contribution in [0, 0.1) is 29.9 Å². The van der Waals surface area contributed by atoms with Crippen LogP contribution in [0.3, 0.4) is 0 Å². The van der Waals surface area contributed by atoms with Gasteiger partial charge in [-0.25, -0.2) is 13.8 Å². The van der Waals surface area contributed by atoms with Crippen LogP contribution in [0.2, 0.25) is 0 Å². The Balaban J connectivity index is 1.93. The van der Waals surface area contributed by atoms with Gasteiger partial charge in [-0.3, -0.25) is 0 Å². The summed E-state index contributed by atoms with van der Waals surface area (Å²) in [5.41, 5.74) is 0.218. The predicted octanol–water partition coefficient (Wildman–Crippen LogP) is 6.16. The van der Waals surface area contributed by atoms with Crippen molar-refractivity contribution in [3.8, 4) is 23.6 Å². The van der Waals surface area contributed by atoms with Crippen LogP contribution in [-0.4, -0.2) is 15.2 Å². The number of terminal acetylenes is 1. The number of halogens is 2. The zero-order valence-electron chi connectivity index (χ0n) is 19.0. The number of oxazole rings is 1. The molecular formula is C26H27F2N3O. The molecule has 4 rings (SSSR count). The second-order valence-electron chi connectivity index (χ2n) is 9.85. The van der Waals surface area contributed by atoms with Crippen LogP contribution in [0.25, 0.3) is 11.3 Å². The second kappa shape index (κ2) is 7.81. The maximum Gasteiger partial charge on any atom is 0.199 e. The number of hydrogen-bond donors (Lipinski definition) is 0. The highest BCUT2D eigenvalue weighted by molar-refractivity contribution is 5.62. The SMILES string of the molecule is C#CC1(c2cnc(C(C)(C)C)o2)CCC(C(C)C)c2cc(-c3c(F)cccc3F)nnc21. The summed E-state index contributed by atoms with van der Waals surface area (Å²) in [7, 11) is 0. The van der Waals surface area contributed by atoms with Gasteiger partial charge in [0.1, 0.15) is 22.8 Å². The van der Waals surface area contributed by atoms with E-state index < -0.39 is 17.0 Å². The lowest BCUT2D eigenvalue weighted by Gasteiger charge is -2.37. The molecule has 2 heterocycles. The monoisotopic (exact) mass is 435 g/mol. The first-order valence-electron chi connectivity index (χ1n) is 10.9. The summed E-state index contributed by atoms with van der Waals surface area (Å²) in [6.07, 6.45) is 9.18. The molecule has 0 fully saturated rings. The minimum Gasteiger partial charge on any atom is -0.443 e. The maximum atomic E-state index is 14.5. The number of nitrogens with zero attached hydrogens (tertiary/aromatic N) is 3. The van der Waals surface area contributed by atoms with Crippen LogP contribution >= 0.6 is 0 Å². The Morgan fingerprint density at radius 3 is 2.44 bits per heavy atom. The fourth-order valence-electron chi connectivity index (χ4n) is 4.49. The van der Waals surface area contributed by atoms with E-state index in [1.54, 1.807) is 12.3 Å². The number of fused-ring (bicyclic) bond motifs is 1. The molecule has 0 saturated heterocycles. The Morgan fingerprint density at radius 2 is 1.88 bits per heavy atom. The molecule has 1 aromatic carbocycles. The van der Waals surface area contributed by atoms with E-state index in [0.717, 1.165) is 12.0 Å². The number of hydrogen-bond acceptors (Lipinski definition) is 4. The summed E-state index contributed by atoms with van der Waals surface area (Å²) in [4.78, 5) is 4.46. The molecule has 6 heteroatoms. The van der Waals surface area contributed by atoms with Crippen LogP contribution in [0.4, 0.5) is 8.78 Å². The highest BCUT2D eigenvalue weighted by atomic mass is 19.1. The van der Waals surface area contributed by atoms with Crippen molar-refractivity contribution in [1.82, 2.24) is 15.2 Å². The standard InChI is InChI=1S/C26H27F2N3O/c1-7-26(21-14-29-24(32-21)25(4,5)6)12-11-16(15(2)3)17-13-20(30-31-23(17)26)22-18(27)9-8-10-19(22)28/h1,8-10,13-16H,11-12H2,2-6H3. The third kappa shape index (κ3) is 3.50. The number of rotatable bonds is 3. The lowest BCUT2D eigenvalue weighted by molar-refractivity contribution is 0.312. The highest BCUT2D eigenvalue weighted by Gasteiger charge is 2.46. The smallest absolute Gasteiger partial charge is 0.199 e. The van der Waals surface area contributed by atoms with E-state index in [2.05, 4.69) is 34.9 Å². The lowest BCUT2D eigenvalue weighted by atomic mass is 9.66. The highest BCUT2D eigenvalue weighted by Crippen LogP contribution is 2.49. The zero-order chi connectivity index (χ0) is 23.3. The Kier molecular flexibility index (Phi) is 5.40. The van der Waals surface area contributed by atoms with Gasteiger partial charge in [-0.2, -0.15) is 5.10 Å². The van der Waals surface area contributed by atoms with Crippen LogP contribution in [0.15, 0.2) is 34.9 Å². The molecule has 1 aliphatic carbocycles. The van der Waals surface area contributed by atoms with Gasteiger partial charge in [0.05, 0.1) is 23.1 Å². The first kappa shape index (κ1) is 22.1. The molecule has 0 amide bonds. The molecule has 2 atom stereocenters. The van der Waals surface area contributed by atoms with Crippen LogP contribution in [0.1, 0.15) is 76.3 Å². The van der Waals surface area contributed by atoms with E-state index in [0.29, 0.717) is 23.8 Å². The molecule has 0 bridgehead atoms. The number of benzene rings is 1. The Bertz CT molecular complexity index is 1180. The average molecular weight is 436 g/mol. The summed E-state index contributed by atoms with van der Waals surface area (Å²) in [6, 6.07) is 5.50. The molecule has 166 valence electrons. The van der Waals surface area contributed by atoms with Crippen molar-refractivity contribution in [2.24, 2.45) is 5.92 Å². The van der Waals surface area contributed by atoms with E-state index in [4.69, 9.17) is 10.8 Å². The Labute approximate surface area is 187 Å². The van der Waals surface area contributed by atoms with E-state index in [9.17, 15) is 8.78 Å². The van der Waals surface area contributed by atoms with Gasteiger partial charge in [0.2, 0.25) is 0 Å². The lowest BCUT2D eigenvalue weighted by Crippen LogP contribution is -2.35. The predicted molar refractivity (Wildman–Crippen MR) is 119 cm³/mol. The summed E-state index contributed by atoms with van der Waals surface area (Å²) < 4.78 is 35.1. The minimum absolute atomic E-state index is 0.126. The molecule has 2 aromatic heterocycles. The van der Waals surface area contributed by atoms with Crippen LogP contribution < -0.4 is 0 Å². The van der Waals surface area contributed by atoms with E-state index in [-0.39, 0.29) is 28.5 Å². The summed E-state index contributed by atoms with van der Waals surface area (Å²) in [5.74, 6) is 3.11. The third-order valence-corrected chi connectivity index (χ3v) is 6.30. The Morgan fingerprint density at radius 1 is 1.19 bits per heavy atom. The normalized spacial score (nSPS) is 20.8. The molecule has 4 nitrogen and oxygen atoms in total. The molecule has 0 radical (unpaired) electrons. The van der Waals surface area contributed by atoms with Gasteiger partial charge < -0.3 is 4.42 Å². The summed E-state index contributed by atoms with van der Waals surface area (Å²) >= 11 is 0. The molecule has 0 aliphatic heterocycles. The van der Waals surface area contributed by atoms with Crippen molar-refractivity contribution in [3.05, 3.63) is 65.0 Å². The van der Waals surface area contributed by atoms with Gasteiger partial charge in [-0.1, -0.05) is 46.6 Å². The molecule has 0 N–H and O–H groups in total. The fraction of sp³-hybridized carbons (Fsp3) is 0.423. The molecule has 0 saturated carbocycles. The van der Waals surface area contributed by atoms with E-state index in [1.165, 1.54) is 18.2 Å². The van der Waals surface area contributed by atoms with Crippen LogP contribution in [-0.2, 0) is 10.8 Å². The molecule has 2 unspecified atom stereocenters. The second-order valence-corrected chi connectivity index (χ2v) is 9.85. The summed E-state index contributed by atoms with van der Waals surface area (Å²) in [5, 5.41) is 8.68. The van der Waals surface area contributed by atoms with Crippen molar-refractivity contribution in [1.29, 1.82) is 0 Å². The van der Waals surface area contributed by atoms with Gasteiger partial charge in [-0.05, 0) is 48.4 Å². The molecule has 0 spiro atoms. The van der Waals surface area contributed by atoms with Gasteiger partial charge in [0.25, 0.3) is 0 Å². The molecule has 1 aliphatic rings. The molecule has 3 aromatic rings. The van der Waals surface area contributed by atoms with Gasteiger partial charge in [0, 0.05) is 5.41 Å². The van der Waals surface area contributed by atoms with E-state index >= 15 is 0 Å². The number of aromatic nitrogens is 3. The Hall–Kier alpha value is -3.07. The fourth-order valence-corrected chi connectivity index (χ4v) is 4.49. The van der Waals surface area contributed by atoms with Crippen LogP contribution in [0.5, 0.6) is 0 Å². The van der Waals surface area contributed by atoms with Crippen molar-refractivity contribution in [2.45, 2.75) is 64.2 Å². The minimum atomic E-state index is -0.934. The largest absolute Gasteiger partial charge is 0.443 e. The first-order chi connectivity index (χ1) is 15.1. The third-order valence-electron chi connectivity index (χ3n) is 6.30. The van der Waals surface area contributed by atoms with Crippen molar-refractivity contribution in [2.75, 3.05) is 0 Å². The van der Waals surface area contributed by atoms with Gasteiger partial charge >= 0.3 is 0 Å². The summed E-state index contributed by atoms with van der Waals surface area (Å²) in [6.45, 7) is 10.3. The van der Waals surface area contributed by atoms with Gasteiger partial charge in [0.15, 0.2) is 5.89 Å². The topological polar surface area (TPSA) is 51.8 Å². The van der Waals surface area contributed by atoms with Gasteiger partial charge in [-0.15, -0.1) is 11.5 Å². The van der Waals surface area contributed by atoms with Crippen molar-refractivity contribution >= 4 is 0 Å². The molecular weight excluding hydrogens is 408 g/mol. The van der Waals surface area contributed by atoms with Crippen molar-refractivity contribution < 1.29 is 13.2 Å². The van der Waals surface area contributed by atoms with E-state index in [1.807, 2.05) is 20.8 Å². The zero-order valence-corrected chi connectivity index (χ0v) is 19.0. The average Bonchev–Trinajstić information content (AvgIpc) is 3.24. The van der Waals surface area contributed by atoms with Crippen molar-refractivity contribution in [3.63, 3.8) is 0 Å².